The number of carbonyl (C=O) groups excluding carboxylic acids is 1. The van der Waals surface area contributed by atoms with E-state index in [0.717, 1.165) is 16.0 Å². The number of hydrazone groups is 1. The number of nitrogens with one attached hydrogen (secondary N) is 1. The number of nitrogens with zero attached hydrogens (tertiary/aromatic N) is 1. The zero-order valence-electron chi connectivity index (χ0n) is 15.6. The van der Waals surface area contributed by atoms with Gasteiger partial charge >= 0.3 is 0 Å². The standard InChI is InChI=1S/C22H17Cl3N2O2S/c23-17-6-8-18(9-7-17)30-14-22(28)27-26-12-16-3-1-2-4-21(16)29-13-15-5-10-19(24)20(25)11-15/h1-12H,13-14H2,(H,27,28)/b26-12-. The molecule has 0 radical (unpaired) electrons. The van der Waals surface area contributed by atoms with Gasteiger partial charge in [0.25, 0.3) is 0 Å². The van der Waals surface area contributed by atoms with Crippen molar-refractivity contribution in [2.24, 2.45) is 5.10 Å². The van der Waals surface area contributed by atoms with E-state index in [9.17, 15) is 4.79 Å². The number of benzene rings is 3. The molecule has 0 atom stereocenters. The minimum Gasteiger partial charge on any atom is -0.488 e. The number of thioether (sulfide) groups is 1. The Morgan fingerprint density at radius 3 is 2.53 bits per heavy atom. The molecule has 1 N–H and O–H groups in total. The highest BCUT2D eigenvalue weighted by molar-refractivity contribution is 8.00. The monoisotopic (exact) mass is 478 g/mol. The maximum atomic E-state index is 12.0. The van der Waals surface area contributed by atoms with Crippen molar-refractivity contribution in [1.82, 2.24) is 5.43 Å². The number of ether oxygens (including phenoxy) is 1. The second-order valence-electron chi connectivity index (χ2n) is 6.11. The van der Waals surface area contributed by atoms with Crippen molar-refractivity contribution in [2.75, 3.05) is 5.75 Å². The van der Waals surface area contributed by atoms with E-state index in [1.54, 1.807) is 30.5 Å². The van der Waals surface area contributed by atoms with Gasteiger partial charge in [-0.15, -0.1) is 11.8 Å². The molecule has 1 amide bonds. The van der Waals surface area contributed by atoms with Crippen LogP contribution in [0.2, 0.25) is 15.1 Å². The highest BCUT2D eigenvalue weighted by atomic mass is 35.5. The fraction of sp³-hybridized carbons (Fsp3) is 0.0909. The molecule has 0 aliphatic carbocycles. The van der Waals surface area contributed by atoms with E-state index in [1.165, 1.54) is 11.8 Å². The molecule has 0 fully saturated rings. The quantitative estimate of drug-likeness (QED) is 0.229. The van der Waals surface area contributed by atoms with Gasteiger partial charge < -0.3 is 4.74 Å². The lowest BCUT2D eigenvalue weighted by atomic mass is 10.2. The molecule has 0 saturated heterocycles. The van der Waals surface area contributed by atoms with Crippen LogP contribution < -0.4 is 10.2 Å². The molecule has 0 spiro atoms. The van der Waals surface area contributed by atoms with Crippen molar-refractivity contribution in [3.8, 4) is 5.75 Å². The molecule has 0 heterocycles. The van der Waals surface area contributed by atoms with Gasteiger partial charge in [-0.25, -0.2) is 5.43 Å². The van der Waals surface area contributed by atoms with Crippen LogP contribution in [0.5, 0.6) is 5.75 Å². The first-order valence-electron chi connectivity index (χ1n) is 8.87. The number of hydrogen-bond donors (Lipinski definition) is 1. The third-order valence-corrected chi connectivity index (χ3v) is 5.88. The van der Waals surface area contributed by atoms with Crippen LogP contribution in [0.25, 0.3) is 0 Å². The number of halogens is 3. The molecule has 30 heavy (non-hydrogen) atoms. The summed E-state index contributed by atoms with van der Waals surface area (Å²) in [6, 6.07) is 20.1. The summed E-state index contributed by atoms with van der Waals surface area (Å²) in [5.74, 6) is 0.673. The Bertz CT molecular complexity index is 1040. The molecule has 3 aromatic rings. The van der Waals surface area contributed by atoms with Gasteiger partial charge in [-0.3, -0.25) is 4.79 Å². The van der Waals surface area contributed by atoms with Crippen molar-refractivity contribution >= 4 is 58.7 Å². The topological polar surface area (TPSA) is 50.7 Å². The van der Waals surface area contributed by atoms with Crippen LogP contribution in [0, 0.1) is 0 Å². The van der Waals surface area contributed by atoms with Gasteiger partial charge in [0.15, 0.2) is 0 Å². The fourth-order valence-corrected chi connectivity index (χ4v) is 3.53. The summed E-state index contributed by atoms with van der Waals surface area (Å²) in [7, 11) is 0. The van der Waals surface area contributed by atoms with Crippen LogP contribution in [-0.2, 0) is 11.4 Å². The smallest absolute Gasteiger partial charge is 0.250 e. The first-order valence-corrected chi connectivity index (χ1v) is 11.0. The van der Waals surface area contributed by atoms with Gasteiger partial charge in [-0.1, -0.05) is 53.0 Å². The average molecular weight is 480 g/mol. The van der Waals surface area contributed by atoms with E-state index < -0.39 is 0 Å². The van der Waals surface area contributed by atoms with E-state index >= 15 is 0 Å². The summed E-state index contributed by atoms with van der Waals surface area (Å²) >= 11 is 19.2. The van der Waals surface area contributed by atoms with Crippen LogP contribution >= 0.6 is 46.6 Å². The highest BCUT2D eigenvalue weighted by Crippen LogP contribution is 2.24. The normalized spacial score (nSPS) is 10.9. The minimum absolute atomic E-state index is 0.208. The van der Waals surface area contributed by atoms with Crippen molar-refractivity contribution in [2.45, 2.75) is 11.5 Å². The van der Waals surface area contributed by atoms with Crippen LogP contribution in [0.1, 0.15) is 11.1 Å². The van der Waals surface area contributed by atoms with Crippen molar-refractivity contribution in [1.29, 1.82) is 0 Å². The third kappa shape index (κ3) is 6.96. The molecule has 0 bridgehead atoms. The van der Waals surface area contributed by atoms with Crippen LogP contribution in [-0.4, -0.2) is 17.9 Å². The Kier molecular flexibility index (Phi) is 8.46. The van der Waals surface area contributed by atoms with Crippen LogP contribution in [0.15, 0.2) is 76.7 Å². The largest absolute Gasteiger partial charge is 0.488 e. The zero-order valence-corrected chi connectivity index (χ0v) is 18.7. The van der Waals surface area contributed by atoms with Gasteiger partial charge in [0, 0.05) is 15.5 Å². The molecule has 4 nitrogen and oxygen atoms in total. The second kappa shape index (κ2) is 11.3. The molecule has 0 aliphatic rings. The Hall–Kier alpha value is -2.18. The van der Waals surface area contributed by atoms with Gasteiger partial charge in [0.05, 0.1) is 22.0 Å². The molecule has 0 unspecified atom stereocenters. The number of carbonyl (C=O) groups is 1. The highest BCUT2D eigenvalue weighted by Gasteiger charge is 2.05. The summed E-state index contributed by atoms with van der Waals surface area (Å²) in [4.78, 5) is 13.0. The molecule has 0 saturated carbocycles. The number of rotatable bonds is 8. The van der Waals surface area contributed by atoms with Crippen LogP contribution in [0.4, 0.5) is 0 Å². The summed E-state index contributed by atoms with van der Waals surface area (Å²) in [6.07, 6.45) is 1.55. The molecule has 3 rings (SSSR count). The van der Waals surface area contributed by atoms with Crippen molar-refractivity contribution < 1.29 is 9.53 Å². The SMILES string of the molecule is O=C(CSc1ccc(Cl)cc1)N/N=C\c1ccccc1OCc1ccc(Cl)c(Cl)c1. The third-order valence-electron chi connectivity index (χ3n) is 3.87. The Morgan fingerprint density at radius 2 is 1.77 bits per heavy atom. The summed E-state index contributed by atoms with van der Waals surface area (Å²) in [5.41, 5.74) is 4.15. The van der Waals surface area contributed by atoms with Gasteiger partial charge in [0.2, 0.25) is 5.91 Å². The first-order chi connectivity index (χ1) is 14.5. The molecule has 8 heteroatoms. The second-order valence-corrected chi connectivity index (χ2v) is 8.41. The zero-order chi connectivity index (χ0) is 21.3. The van der Waals surface area contributed by atoms with E-state index in [-0.39, 0.29) is 11.7 Å². The maximum absolute atomic E-state index is 12.0. The van der Waals surface area contributed by atoms with E-state index in [4.69, 9.17) is 39.5 Å². The Labute approximate surface area is 194 Å². The molecule has 0 aliphatic heterocycles. The van der Waals surface area contributed by atoms with Gasteiger partial charge in [-0.2, -0.15) is 5.10 Å². The summed E-state index contributed by atoms with van der Waals surface area (Å²) in [5, 5.41) is 5.67. The fourth-order valence-electron chi connectivity index (χ4n) is 2.39. The molecular weight excluding hydrogens is 463 g/mol. The first kappa shape index (κ1) is 22.5. The van der Waals surface area contributed by atoms with Gasteiger partial charge in [0.1, 0.15) is 12.4 Å². The van der Waals surface area contributed by atoms with E-state index in [0.29, 0.717) is 27.4 Å². The number of hydrogen-bond acceptors (Lipinski definition) is 4. The average Bonchev–Trinajstić information content (AvgIpc) is 2.75. The number of amides is 1. The predicted octanol–water partition coefficient (Wildman–Crippen LogP) is 6.47. The Morgan fingerprint density at radius 1 is 1.00 bits per heavy atom. The lowest BCUT2D eigenvalue weighted by Crippen LogP contribution is -2.19. The molecular formula is C22H17Cl3N2O2S. The van der Waals surface area contributed by atoms with Crippen molar-refractivity contribution in [3.05, 3.63) is 92.9 Å². The summed E-state index contributed by atoms with van der Waals surface area (Å²) < 4.78 is 5.87. The van der Waals surface area contributed by atoms with E-state index in [1.807, 2.05) is 42.5 Å². The van der Waals surface area contributed by atoms with E-state index in [2.05, 4.69) is 10.5 Å². The molecule has 0 aromatic heterocycles. The molecule has 3 aromatic carbocycles. The summed E-state index contributed by atoms with van der Waals surface area (Å²) in [6.45, 7) is 0.325. The minimum atomic E-state index is -0.208. The Balaban J connectivity index is 1.53. The lowest BCUT2D eigenvalue weighted by Gasteiger charge is -2.09. The maximum Gasteiger partial charge on any atom is 0.250 e. The van der Waals surface area contributed by atoms with Crippen LogP contribution in [0.3, 0.4) is 0 Å². The predicted molar refractivity (Wildman–Crippen MR) is 125 cm³/mol. The van der Waals surface area contributed by atoms with Gasteiger partial charge in [-0.05, 0) is 54.1 Å². The lowest BCUT2D eigenvalue weighted by molar-refractivity contribution is -0.118. The molecule has 154 valence electrons. The number of para-hydroxylation sites is 1. The van der Waals surface area contributed by atoms with Crippen molar-refractivity contribution in [3.63, 3.8) is 0 Å².